The quantitative estimate of drug-likeness (QED) is 0.574. The van der Waals surface area contributed by atoms with E-state index in [0.29, 0.717) is 22.3 Å². The molecule has 0 unspecified atom stereocenters. The predicted molar refractivity (Wildman–Crippen MR) is 110 cm³/mol. The van der Waals surface area contributed by atoms with Gasteiger partial charge in [0, 0.05) is 24.8 Å². The van der Waals surface area contributed by atoms with Crippen LogP contribution >= 0.6 is 23.2 Å². The number of nitrogens with one attached hydrogen (secondary N) is 1. The van der Waals surface area contributed by atoms with Gasteiger partial charge in [0.15, 0.2) is 0 Å². The van der Waals surface area contributed by atoms with E-state index in [9.17, 15) is 9.18 Å². The molecule has 0 radical (unpaired) electrons. The third-order valence-corrected chi connectivity index (χ3v) is 5.20. The molecular formula is C21H20Cl2FN3O. The van der Waals surface area contributed by atoms with Crippen molar-refractivity contribution in [2.45, 2.75) is 19.3 Å². The number of aromatic amines is 1. The molecule has 0 bridgehead atoms. The smallest absolute Gasteiger partial charge is 0.226 e. The number of carbonyl (C=O) groups excluding carboxylic acids is 1. The Bertz CT molecular complexity index is 974. The van der Waals surface area contributed by atoms with Crippen LogP contribution in [0, 0.1) is 5.82 Å². The van der Waals surface area contributed by atoms with E-state index in [4.69, 9.17) is 23.2 Å². The van der Waals surface area contributed by atoms with E-state index < -0.39 is 0 Å². The number of rotatable bonds is 7. The SMILES string of the molecule is CN(CCCc1cc(-c2cccc(F)c2)n[nH]1)C(=O)Cc1ccc(Cl)c(Cl)c1. The van der Waals surface area contributed by atoms with Crippen LogP contribution in [-0.2, 0) is 17.6 Å². The van der Waals surface area contributed by atoms with Crippen LogP contribution in [0.5, 0.6) is 0 Å². The summed E-state index contributed by atoms with van der Waals surface area (Å²) in [6.45, 7) is 0.620. The van der Waals surface area contributed by atoms with Gasteiger partial charge in [-0.3, -0.25) is 9.89 Å². The van der Waals surface area contributed by atoms with Gasteiger partial charge >= 0.3 is 0 Å². The first-order valence-electron chi connectivity index (χ1n) is 8.90. The maximum absolute atomic E-state index is 13.3. The van der Waals surface area contributed by atoms with E-state index in [2.05, 4.69) is 10.2 Å². The fourth-order valence-corrected chi connectivity index (χ4v) is 3.20. The third-order valence-electron chi connectivity index (χ3n) is 4.46. The van der Waals surface area contributed by atoms with Crippen LogP contribution in [0.2, 0.25) is 10.0 Å². The Kier molecular flexibility index (Phi) is 6.70. The summed E-state index contributed by atoms with van der Waals surface area (Å²) in [6, 6.07) is 13.5. The number of halogens is 3. The lowest BCUT2D eigenvalue weighted by atomic mass is 10.1. The topological polar surface area (TPSA) is 49.0 Å². The van der Waals surface area contributed by atoms with Gasteiger partial charge in [-0.2, -0.15) is 5.10 Å². The van der Waals surface area contributed by atoms with Gasteiger partial charge in [-0.1, -0.05) is 41.4 Å². The summed E-state index contributed by atoms with van der Waals surface area (Å²) in [4.78, 5) is 14.1. The van der Waals surface area contributed by atoms with Crippen molar-refractivity contribution in [3.8, 4) is 11.3 Å². The molecule has 7 heteroatoms. The standard InChI is InChI=1S/C21H20Cl2FN3O/c1-27(21(28)11-14-7-8-18(22)19(23)10-14)9-3-6-17-13-20(26-25-17)15-4-2-5-16(24)12-15/h2,4-5,7-8,10,12-13H,3,6,9,11H2,1H3,(H,25,26). The molecule has 0 aliphatic heterocycles. The van der Waals surface area contributed by atoms with Crippen molar-refractivity contribution in [2.24, 2.45) is 0 Å². The monoisotopic (exact) mass is 419 g/mol. The first-order valence-corrected chi connectivity index (χ1v) is 9.66. The van der Waals surface area contributed by atoms with Gasteiger partial charge in [0.05, 0.1) is 22.2 Å². The summed E-state index contributed by atoms with van der Waals surface area (Å²) in [5.74, 6) is -0.271. The zero-order valence-electron chi connectivity index (χ0n) is 15.4. The molecule has 1 amide bonds. The second-order valence-electron chi connectivity index (χ2n) is 6.63. The number of carbonyl (C=O) groups is 1. The Morgan fingerprint density at radius 2 is 1.96 bits per heavy atom. The minimum absolute atomic E-state index is 0.0171. The molecule has 0 atom stereocenters. The summed E-state index contributed by atoms with van der Waals surface area (Å²) in [5.41, 5.74) is 3.22. The van der Waals surface area contributed by atoms with E-state index in [1.54, 1.807) is 36.2 Å². The first kappa shape index (κ1) is 20.4. The van der Waals surface area contributed by atoms with E-state index >= 15 is 0 Å². The summed E-state index contributed by atoms with van der Waals surface area (Å²) in [7, 11) is 1.78. The van der Waals surface area contributed by atoms with Crippen LogP contribution in [-0.4, -0.2) is 34.6 Å². The molecule has 0 spiro atoms. The molecule has 0 fully saturated rings. The highest BCUT2D eigenvalue weighted by atomic mass is 35.5. The van der Waals surface area contributed by atoms with Crippen molar-refractivity contribution in [3.63, 3.8) is 0 Å². The summed E-state index contributed by atoms with van der Waals surface area (Å²) in [5, 5.41) is 8.13. The summed E-state index contributed by atoms with van der Waals surface area (Å²) >= 11 is 11.9. The van der Waals surface area contributed by atoms with Crippen molar-refractivity contribution in [2.75, 3.05) is 13.6 Å². The van der Waals surface area contributed by atoms with Crippen LogP contribution in [0.4, 0.5) is 4.39 Å². The van der Waals surface area contributed by atoms with Crippen molar-refractivity contribution in [1.82, 2.24) is 15.1 Å². The Morgan fingerprint density at radius 1 is 1.14 bits per heavy atom. The number of hydrogen-bond acceptors (Lipinski definition) is 2. The second kappa shape index (κ2) is 9.22. The maximum atomic E-state index is 13.3. The highest BCUT2D eigenvalue weighted by Crippen LogP contribution is 2.23. The van der Waals surface area contributed by atoms with Crippen molar-refractivity contribution in [1.29, 1.82) is 0 Å². The Morgan fingerprint density at radius 3 is 2.71 bits per heavy atom. The second-order valence-corrected chi connectivity index (χ2v) is 7.45. The van der Waals surface area contributed by atoms with E-state index in [1.165, 1.54) is 12.1 Å². The highest BCUT2D eigenvalue weighted by Gasteiger charge is 2.11. The zero-order valence-corrected chi connectivity index (χ0v) is 16.9. The van der Waals surface area contributed by atoms with Crippen LogP contribution in [0.15, 0.2) is 48.5 Å². The van der Waals surface area contributed by atoms with Crippen LogP contribution in [0.1, 0.15) is 17.7 Å². The van der Waals surface area contributed by atoms with Gasteiger partial charge in [-0.05, 0) is 48.7 Å². The zero-order chi connectivity index (χ0) is 20.1. The number of aryl methyl sites for hydroxylation is 1. The molecule has 3 aromatic rings. The molecule has 0 aliphatic rings. The van der Waals surface area contributed by atoms with Crippen molar-refractivity contribution >= 4 is 29.1 Å². The van der Waals surface area contributed by atoms with Gasteiger partial charge in [0.25, 0.3) is 0 Å². The summed E-state index contributed by atoms with van der Waals surface area (Å²) in [6.07, 6.45) is 1.81. The minimum atomic E-state index is -0.288. The number of amides is 1. The van der Waals surface area contributed by atoms with Gasteiger partial charge < -0.3 is 4.90 Å². The summed E-state index contributed by atoms with van der Waals surface area (Å²) < 4.78 is 13.3. The molecule has 1 aromatic heterocycles. The number of likely N-dealkylation sites (N-methyl/N-ethyl adjacent to an activating group) is 1. The van der Waals surface area contributed by atoms with Crippen LogP contribution < -0.4 is 0 Å². The molecule has 1 N–H and O–H groups in total. The Labute approximate surface area is 173 Å². The fourth-order valence-electron chi connectivity index (χ4n) is 2.88. The Hall–Kier alpha value is -2.37. The molecule has 146 valence electrons. The van der Waals surface area contributed by atoms with Gasteiger partial charge in [0.2, 0.25) is 5.91 Å². The average molecular weight is 420 g/mol. The number of H-pyrrole nitrogens is 1. The molecule has 3 rings (SSSR count). The number of benzene rings is 2. The van der Waals surface area contributed by atoms with E-state index in [1.807, 2.05) is 12.1 Å². The number of nitrogens with zero attached hydrogens (tertiary/aromatic N) is 2. The number of aromatic nitrogens is 2. The van der Waals surface area contributed by atoms with Crippen LogP contribution in [0.25, 0.3) is 11.3 Å². The molecule has 0 aliphatic carbocycles. The lowest BCUT2D eigenvalue weighted by molar-refractivity contribution is -0.129. The fraction of sp³-hybridized carbons (Fsp3) is 0.238. The normalized spacial score (nSPS) is 10.9. The minimum Gasteiger partial charge on any atom is -0.345 e. The van der Waals surface area contributed by atoms with E-state index in [0.717, 1.165) is 29.7 Å². The Balaban J connectivity index is 1.49. The third kappa shape index (κ3) is 5.33. The van der Waals surface area contributed by atoms with Crippen molar-refractivity contribution < 1.29 is 9.18 Å². The van der Waals surface area contributed by atoms with Gasteiger partial charge in [-0.25, -0.2) is 4.39 Å². The van der Waals surface area contributed by atoms with Gasteiger partial charge in [-0.15, -0.1) is 0 Å². The highest BCUT2D eigenvalue weighted by molar-refractivity contribution is 6.42. The van der Waals surface area contributed by atoms with Gasteiger partial charge in [0.1, 0.15) is 5.82 Å². The first-order chi connectivity index (χ1) is 13.4. The molecule has 28 heavy (non-hydrogen) atoms. The predicted octanol–water partition coefficient (Wildman–Crippen LogP) is 5.16. The lowest BCUT2D eigenvalue weighted by Crippen LogP contribution is -2.29. The van der Waals surface area contributed by atoms with Crippen LogP contribution in [0.3, 0.4) is 0 Å². The molecule has 4 nitrogen and oxygen atoms in total. The lowest BCUT2D eigenvalue weighted by Gasteiger charge is -2.17. The number of hydrogen-bond donors (Lipinski definition) is 1. The molecule has 1 heterocycles. The molecular weight excluding hydrogens is 400 g/mol. The van der Waals surface area contributed by atoms with E-state index in [-0.39, 0.29) is 18.1 Å². The molecule has 2 aromatic carbocycles. The molecule has 0 saturated carbocycles. The largest absolute Gasteiger partial charge is 0.345 e. The molecule has 0 saturated heterocycles. The maximum Gasteiger partial charge on any atom is 0.226 e. The van der Waals surface area contributed by atoms with Crippen molar-refractivity contribution in [3.05, 3.63) is 75.7 Å². The average Bonchev–Trinajstić information content (AvgIpc) is 3.13.